The van der Waals surface area contributed by atoms with Crippen LogP contribution in [-0.2, 0) is 4.74 Å². The van der Waals surface area contributed by atoms with Crippen LogP contribution < -0.4 is 0 Å². The molecule has 1 fully saturated rings. The lowest BCUT2D eigenvalue weighted by Crippen LogP contribution is -2.50. The van der Waals surface area contributed by atoms with Gasteiger partial charge in [0.1, 0.15) is 5.82 Å². The van der Waals surface area contributed by atoms with Gasteiger partial charge in [-0.05, 0) is 37.6 Å². The predicted octanol–water partition coefficient (Wildman–Crippen LogP) is 1.29. The second kappa shape index (κ2) is 8.38. The molecule has 0 spiro atoms. The normalized spacial score (nSPS) is 17.3. The summed E-state index contributed by atoms with van der Waals surface area (Å²) < 4.78 is 18.5. The number of aliphatic hydroxyl groups excluding tert-OH is 1. The van der Waals surface area contributed by atoms with Crippen LogP contribution in [0.2, 0.25) is 0 Å². The molecule has 1 aromatic rings. The number of halogens is 1. The van der Waals surface area contributed by atoms with Gasteiger partial charge in [-0.2, -0.15) is 0 Å². The zero-order chi connectivity index (χ0) is 16.8. The SMILES string of the molecule is CCOCC(O)CN1CCN(C(=O)c2ccc(F)c(C)c2)CC1. The number of aryl methyl sites for hydroxylation is 1. The zero-order valence-electron chi connectivity index (χ0n) is 13.8. The van der Waals surface area contributed by atoms with Crippen molar-refractivity contribution in [3.05, 3.63) is 35.1 Å². The Morgan fingerprint density at radius 1 is 1.35 bits per heavy atom. The molecular formula is C17H25FN2O3. The van der Waals surface area contributed by atoms with Crippen molar-refractivity contribution in [3.8, 4) is 0 Å². The van der Waals surface area contributed by atoms with Crippen molar-refractivity contribution in [2.24, 2.45) is 0 Å². The van der Waals surface area contributed by atoms with Crippen LogP contribution in [-0.4, -0.2) is 72.9 Å². The lowest BCUT2D eigenvalue weighted by molar-refractivity contribution is 0.0111. The molecule has 1 unspecified atom stereocenters. The van der Waals surface area contributed by atoms with Crippen LogP contribution in [0.3, 0.4) is 0 Å². The highest BCUT2D eigenvalue weighted by atomic mass is 19.1. The number of hydrogen-bond donors (Lipinski definition) is 1. The van der Waals surface area contributed by atoms with Crippen LogP contribution in [0.5, 0.6) is 0 Å². The Morgan fingerprint density at radius 3 is 2.65 bits per heavy atom. The first-order valence-corrected chi connectivity index (χ1v) is 8.05. The number of nitrogens with zero attached hydrogens (tertiary/aromatic N) is 2. The zero-order valence-corrected chi connectivity index (χ0v) is 13.8. The maximum Gasteiger partial charge on any atom is 0.253 e. The van der Waals surface area contributed by atoms with Crippen LogP contribution in [0.25, 0.3) is 0 Å². The van der Waals surface area contributed by atoms with Crippen LogP contribution >= 0.6 is 0 Å². The number of aliphatic hydroxyl groups is 1. The number of ether oxygens (including phenoxy) is 1. The topological polar surface area (TPSA) is 53.0 Å². The Hall–Kier alpha value is -1.50. The first-order chi connectivity index (χ1) is 11.0. The number of piperazine rings is 1. The summed E-state index contributed by atoms with van der Waals surface area (Å²) in [7, 11) is 0. The van der Waals surface area contributed by atoms with Gasteiger partial charge in [0.2, 0.25) is 0 Å². The van der Waals surface area contributed by atoms with E-state index in [4.69, 9.17) is 4.74 Å². The molecule has 0 saturated carbocycles. The number of carbonyl (C=O) groups excluding carboxylic acids is 1. The first-order valence-electron chi connectivity index (χ1n) is 8.05. The molecule has 128 valence electrons. The molecule has 1 N–H and O–H groups in total. The van der Waals surface area contributed by atoms with Crippen LogP contribution in [0.1, 0.15) is 22.8 Å². The molecule has 5 nitrogen and oxygen atoms in total. The average Bonchev–Trinajstić information content (AvgIpc) is 2.55. The minimum atomic E-state index is -0.503. The monoisotopic (exact) mass is 324 g/mol. The van der Waals surface area contributed by atoms with Crippen molar-refractivity contribution < 1.29 is 19.0 Å². The number of benzene rings is 1. The summed E-state index contributed by atoms with van der Waals surface area (Å²) in [6, 6.07) is 4.46. The molecule has 1 aliphatic heterocycles. The summed E-state index contributed by atoms with van der Waals surface area (Å²) in [6.45, 7) is 7.69. The quantitative estimate of drug-likeness (QED) is 0.857. The Labute approximate surface area is 136 Å². The minimum absolute atomic E-state index is 0.0670. The van der Waals surface area contributed by atoms with Gasteiger partial charge in [0.25, 0.3) is 5.91 Å². The summed E-state index contributed by atoms with van der Waals surface area (Å²) in [5, 5.41) is 9.86. The van der Waals surface area contributed by atoms with E-state index in [1.165, 1.54) is 12.1 Å². The van der Waals surface area contributed by atoms with Gasteiger partial charge in [0, 0.05) is 44.9 Å². The van der Waals surface area contributed by atoms with E-state index in [1.807, 2.05) is 6.92 Å². The largest absolute Gasteiger partial charge is 0.389 e. The van der Waals surface area contributed by atoms with Gasteiger partial charge < -0.3 is 14.7 Å². The Balaban J connectivity index is 1.83. The highest BCUT2D eigenvalue weighted by Crippen LogP contribution is 2.13. The molecule has 2 rings (SSSR count). The highest BCUT2D eigenvalue weighted by Gasteiger charge is 2.23. The van der Waals surface area contributed by atoms with E-state index in [1.54, 1.807) is 17.9 Å². The first kappa shape index (κ1) is 17.8. The summed E-state index contributed by atoms with van der Waals surface area (Å²) in [5.74, 6) is -0.364. The third-order valence-electron chi connectivity index (χ3n) is 4.05. The minimum Gasteiger partial charge on any atom is -0.389 e. The van der Waals surface area contributed by atoms with E-state index >= 15 is 0 Å². The van der Waals surface area contributed by atoms with Crippen molar-refractivity contribution in [1.82, 2.24) is 9.80 Å². The summed E-state index contributed by atoms with van der Waals surface area (Å²) >= 11 is 0. The number of rotatable bonds is 6. The van der Waals surface area contributed by atoms with Crippen molar-refractivity contribution in [3.63, 3.8) is 0 Å². The van der Waals surface area contributed by atoms with E-state index < -0.39 is 6.10 Å². The van der Waals surface area contributed by atoms with Crippen LogP contribution in [0, 0.1) is 12.7 Å². The summed E-state index contributed by atoms with van der Waals surface area (Å²) in [5.41, 5.74) is 1.00. The predicted molar refractivity (Wildman–Crippen MR) is 86.0 cm³/mol. The Morgan fingerprint density at radius 2 is 2.04 bits per heavy atom. The molecule has 1 saturated heterocycles. The standard InChI is InChI=1S/C17H25FN2O3/c1-3-23-12-15(21)11-19-6-8-20(9-7-19)17(22)14-4-5-16(18)13(2)10-14/h4-5,10,15,21H,3,6-9,11-12H2,1-2H3. The van der Waals surface area contributed by atoms with E-state index in [0.29, 0.717) is 44.0 Å². The molecule has 1 aliphatic rings. The second-order valence-corrected chi connectivity index (χ2v) is 5.87. The molecule has 1 aromatic carbocycles. The third-order valence-corrected chi connectivity index (χ3v) is 4.05. The summed E-state index contributed by atoms with van der Waals surface area (Å²) in [4.78, 5) is 16.4. The van der Waals surface area contributed by atoms with Crippen LogP contribution in [0.4, 0.5) is 4.39 Å². The number of amides is 1. The van der Waals surface area contributed by atoms with Gasteiger partial charge in [-0.15, -0.1) is 0 Å². The summed E-state index contributed by atoms with van der Waals surface area (Å²) in [6.07, 6.45) is -0.503. The fourth-order valence-corrected chi connectivity index (χ4v) is 2.70. The fourth-order valence-electron chi connectivity index (χ4n) is 2.70. The van der Waals surface area contributed by atoms with E-state index in [-0.39, 0.29) is 11.7 Å². The molecule has 0 aliphatic carbocycles. The smallest absolute Gasteiger partial charge is 0.253 e. The van der Waals surface area contributed by atoms with Gasteiger partial charge >= 0.3 is 0 Å². The molecule has 0 aromatic heterocycles. The number of β-amino-alcohol motifs (C(OH)–C–C–N with tert-alkyl or cyclic N) is 1. The highest BCUT2D eigenvalue weighted by molar-refractivity contribution is 5.94. The number of carbonyl (C=O) groups is 1. The molecule has 0 radical (unpaired) electrons. The second-order valence-electron chi connectivity index (χ2n) is 5.87. The van der Waals surface area contributed by atoms with Crippen molar-refractivity contribution >= 4 is 5.91 Å². The Bertz CT molecular complexity index is 531. The van der Waals surface area contributed by atoms with Crippen molar-refractivity contribution in [2.75, 3.05) is 45.9 Å². The molecule has 6 heteroatoms. The lowest BCUT2D eigenvalue weighted by atomic mass is 10.1. The van der Waals surface area contributed by atoms with Gasteiger partial charge in [-0.25, -0.2) is 4.39 Å². The molecule has 1 heterocycles. The molecular weight excluding hydrogens is 299 g/mol. The molecule has 1 amide bonds. The molecule has 0 bridgehead atoms. The fraction of sp³-hybridized carbons (Fsp3) is 0.588. The Kier molecular flexibility index (Phi) is 6.50. The third kappa shape index (κ3) is 4.99. The molecule has 1 atom stereocenters. The molecule has 23 heavy (non-hydrogen) atoms. The van der Waals surface area contributed by atoms with Gasteiger partial charge in [0.05, 0.1) is 12.7 Å². The van der Waals surface area contributed by atoms with Crippen LogP contribution in [0.15, 0.2) is 18.2 Å². The maximum atomic E-state index is 13.3. The van der Waals surface area contributed by atoms with E-state index in [2.05, 4.69) is 4.90 Å². The number of hydrogen-bond acceptors (Lipinski definition) is 4. The van der Waals surface area contributed by atoms with Gasteiger partial charge in [-0.1, -0.05) is 0 Å². The van der Waals surface area contributed by atoms with Gasteiger partial charge in [-0.3, -0.25) is 9.69 Å². The maximum absolute atomic E-state index is 13.3. The van der Waals surface area contributed by atoms with Crippen molar-refractivity contribution in [1.29, 1.82) is 0 Å². The van der Waals surface area contributed by atoms with E-state index in [9.17, 15) is 14.3 Å². The lowest BCUT2D eigenvalue weighted by Gasteiger charge is -2.35. The van der Waals surface area contributed by atoms with E-state index in [0.717, 1.165) is 13.1 Å². The van der Waals surface area contributed by atoms with Crippen molar-refractivity contribution in [2.45, 2.75) is 20.0 Å². The average molecular weight is 324 g/mol. The van der Waals surface area contributed by atoms with Gasteiger partial charge in [0.15, 0.2) is 0 Å².